The lowest BCUT2D eigenvalue weighted by atomic mass is 10.1. The number of hydrogen-bond acceptors (Lipinski definition) is 3. The number of amides is 1. The fourth-order valence-electron chi connectivity index (χ4n) is 0.835. The van der Waals surface area contributed by atoms with E-state index in [1.165, 1.54) is 0 Å². The third-order valence-corrected chi connectivity index (χ3v) is 1.62. The molecule has 0 fully saturated rings. The van der Waals surface area contributed by atoms with Crippen molar-refractivity contribution in [3.05, 3.63) is 5.53 Å². The summed E-state index contributed by atoms with van der Waals surface area (Å²) in [7, 11) is 0. The first-order valence-electron chi connectivity index (χ1n) is 4.94. The van der Waals surface area contributed by atoms with Gasteiger partial charge in [-0.3, -0.25) is 4.79 Å². The minimum atomic E-state index is -0.576. The third kappa shape index (κ3) is 6.73. The van der Waals surface area contributed by atoms with Crippen molar-refractivity contribution in [1.82, 2.24) is 5.32 Å². The van der Waals surface area contributed by atoms with Crippen molar-refractivity contribution in [2.45, 2.75) is 33.3 Å². The zero-order valence-electron chi connectivity index (χ0n) is 9.98. The second-order valence-corrected chi connectivity index (χ2v) is 4.43. The summed E-state index contributed by atoms with van der Waals surface area (Å²) < 4.78 is 4.98. The Balaban J connectivity index is 4.02. The minimum absolute atomic E-state index is 0.139. The highest BCUT2D eigenvalue weighted by Gasteiger charge is 2.19. The van der Waals surface area contributed by atoms with Gasteiger partial charge in [-0.1, -0.05) is 6.92 Å². The predicted octanol–water partition coefficient (Wildman–Crippen LogP) is 1.02. The topological polar surface area (TPSA) is 91.8 Å². The van der Waals surface area contributed by atoms with Crippen molar-refractivity contribution in [2.75, 3.05) is 6.54 Å². The molecule has 0 rings (SSSR count). The quantitative estimate of drug-likeness (QED) is 0.441. The Kier molecular flexibility index (Phi) is 5.39. The molecule has 0 bridgehead atoms. The average Bonchev–Trinajstić information content (AvgIpc) is 2.11. The molecule has 0 saturated heterocycles. The van der Waals surface area contributed by atoms with E-state index in [2.05, 4.69) is 10.1 Å². The molecule has 0 aliphatic carbocycles. The number of nitrogens with zero attached hydrogens (tertiary/aromatic N) is 2. The van der Waals surface area contributed by atoms with Gasteiger partial charge in [-0.25, -0.2) is 4.79 Å². The molecule has 90 valence electrons. The van der Waals surface area contributed by atoms with E-state index in [-0.39, 0.29) is 12.3 Å². The number of ketones is 1. The second kappa shape index (κ2) is 6.02. The first-order valence-corrected chi connectivity index (χ1v) is 4.94. The van der Waals surface area contributed by atoms with Crippen LogP contribution >= 0.6 is 0 Å². The van der Waals surface area contributed by atoms with E-state index in [4.69, 9.17) is 10.3 Å². The van der Waals surface area contributed by atoms with Gasteiger partial charge in [-0.2, -0.15) is 4.79 Å². The van der Waals surface area contributed by atoms with Crippen LogP contribution in [-0.2, 0) is 9.53 Å². The molecular weight excluding hydrogens is 210 g/mol. The Morgan fingerprint density at radius 3 is 2.50 bits per heavy atom. The maximum Gasteiger partial charge on any atom is 0.407 e. The van der Waals surface area contributed by atoms with E-state index in [9.17, 15) is 9.59 Å². The summed E-state index contributed by atoms with van der Waals surface area (Å²) >= 11 is 0. The number of ether oxygens (including phenoxy) is 1. The molecule has 0 aliphatic heterocycles. The molecule has 0 heterocycles. The van der Waals surface area contributed by atoms with Crippen LogP contribution in [0, 0.1) is 5.92 Å². The molecule has 1 N–H and O–H groups in total. The smallest absolute Gasteiger partial charge is 0.407 e. The lowest BCUT2D eigenvalue weighted by Gasteiger charge is -2.20. The highest BCUT2D eigenvalue weighted by molar-refractivity contribution is 6.26. The fraction of sp³-hybridized carbons (Fsp3) is 0.700. The Hall–Kier alpha value is -1.68. The molecule has 16 heavy (non-hydrogen) atoms. The molecule has 0 aromatic carbocycles. The highest BCUT2D eigenvalue weighted by atomic mass is 16.6. The van der Waals surface area contributed by atoms with Crippen LogP contribution < -0.4 is 5.32 Å². The SMILES string of the molecule is C[C@@H](CNC(=O)OC(C)(C)C)C(=O)C=[N+]=[N-]. The number of carbonyl (C=O) groups excluding carboxylic acids is 2. The Morgan fingerprint density at radius 2 is 2.06 bits per heavy atom. The lowest BCUT2D eigenvalue weighted by molar-refractivity contribution is -0.119. The Labute approximate surface area is 94.6 Å². The van der Waals surface area contributed by atoms with Crippen LogP contribution in [0.2, 0.25) is 0 Å². The van der Waals surface area contributed by atoms with Gasteiger partial charge < -0.3 is 15.6 Å². The number of alkyl carbamates (subject to hydrolysis) is 1. The third-order valence-electron chi connectivity index (χ3n) is 1.62. The molecule has 1 amide bonds. The first kappa shape index (κ1) is 14.3. The lowest BCUT2D eigenvalue weighted by Crippen LogP contribution is -2.36. The van der Waals surface area contributed by atoms with Crippen LogP contribution in [0.4, 0.5) is 4.79 Å². The van der Waals surface area contributed by atoms with Crippen molar-refractivity contribution in [3.8, 4) is 0 Å². The van der Waals surface area contributed by atoms with Crippen molar-refractivity contribution in [2.24, 2.45) is 5.92 Å². The summed E-state index contributed by atoms with van der Waals surface area (Å²) in [6.07, 6.45) is 0.231. The van der Waals surface area contributed by atoms with Gasteiger partial charge >= 0.3 is 12.3 Å². The number of nitrogens with one attached hydrogen (secondary N) is 1. The van der Waals surface area contributed by atoms with E-state index in [0.717, 1.165) is 6.21 Å². The largest absolute Gasteiger partial charge is 0.444 e. The van der Waals surface area contributed by atoms with Gasteiger partial charge in [0.25, 0.3) is 0 Å². The van der Waals surface area contributed by atoms with Gasteiger partial charge in [0.05, 0.1) is 0 Å². The summed E-state index contributed by atoms with van der Waals surface area (Å²) in [5, 5.41) is 2.45. The van der Waals surface area contributed by atoms with Crippen LogP contribution in [0.3, 0.4) is 0 Å². The molecule has 6 heteroatoms. The van der Waals surface area contributed by atoms with E-state index in [1.807, 2.05) is 0 Å². The number of rotatable bonds is 4. The summed E-state index contributed by atoms with van der Waals surface area (Å²) in [4.78, 5) is 25.0. The van der Waals surface area contributed by atoms with Gasteiger partial charge in [0.1, 0.15) is 5.60 Å². The minimum Gasteiger partial charge on any atom is -0.444 e. The zero-order valence-corrected chi connectivity index (χ0v) is 9.98. The molecular formula is C10H17N3O3. The van der Waals surface area contributed by atoms with E-state index >= 15 is 0 Å². The molecule has 0 saturated carbocycles. The number of Topliss-reactive ketones (excluding diaryl/α,β-unsaturated/α-hetero) is 1. The monoisotopic (exact) mass is 227 g/mol. The summed E-state index contributed by atoms with van der Waals surface area (Å²) in [5.41, 5.74) is 7.59. The highest BCUT2D eigenvalue weighted by Crippen LogP contribution is 2.06. The standard InChI is InChI=1S/C10H17N3O3/c1-7(8(14)6-13-11)5-12-9(15)16-10(2,3)4/h6-7H,5H2,1-4H3,(H,12,15)/t7-/m0/s1. The first-order chi connectivity index (χ1) is 7.26. The number of carbonyl (C=O) groups is 2. The van der Waals surface area contributed by atoms with Gasteiger partial charge in [-0.05, 0) is 20.8 Å². The molecule has 6 nitrogen and oxygen atoms in total. The fourth-order valence-corrected chi connectivity index (χ4v) is 0.835. The van der Waals surface area contributed by atoms with Crippen LogP contribution in [0.15, 0.2) is 0 Å². The zero-order chi connectivity index (χ0) is 12.8. The molecule has 0 unspecified atom stereocenters. The van der Waals surface area contributed by atoms with Crippen molar-refractivity contribution >= 4 is 18.1 Å². The van der Waals surface area contributed by atoms with E-state index in [1.54, 1.807) is 27.7 Å². The Bertz CT molecular complexity index is 314. The molecule has 0 aromatic heterocycles. The number of hydrogen-bond donors (Lipinski definition) is 1. The van der Waals surface area contributed by atoms with Crippen molar-refractivity contribution in [3.63, 3.8) is 0 Å². The molecule has 0 aromatic rings. The van der Waals surface area contributed by atoms with Crippen molar-refractivity contribution in [1.29, 1.82) is 0 Å². The second-order valence-electron chi connectivity index (χ2n) is 4.43. The maximum absolute atomic E-state index is 11.2. The van der Waals surface area contributed by atoms with E-state index in [0.29, 0.717) is 0 Å². The van der Waals surface area contributed by atoms with Gasteiger partial charge in [0.15, 0.2) is 0 Å². The predicted molar refractivity (Wildman–Crippen MR) is 58.1 cm³/mol. The maximum atomic E-state index is 11.2. The molecule has 0 radical (unpaired) electrons. The summed E-state index contributed by atoms with van der Waals surface area (Å²) in [6.45, 7) is 7.00. The molecule has 0 aliphatic rings. The molecule has 0 spiro atoms. The van der Waals surface area contributed by atoms with E-state index < -0.39 is 17.6 Å². The van der Waals surface area contributed by atoms with Crippen LogP contribution in [0.25, 0.3) is 5.53 Å². The average molecular weight is 227 g/mol. The van der Waals surface area contributed by atoms with Gasteiger partial charge in [-0.15, -0.1) is 0 Å². The van der Waals surface area contributed by atoms with Crippen molar-refractivity contribution < 1.29 is 19.1 Å². The van der Waals surface area contributed by atoms with Gasteiger partial charge in [0.2, 0.25) is 5.78 Å². The molecule has 1 atom stereocenters. The van der Waals surface area contributed by atoms with Crippen LogP contribution in [0.5, 0.6) is 0 Å². The normalized spacial score (nSPS) is 12.2. The Morgan fingerprint density at radius 1 is 1.50 bits per heavy atom. The van der Waals surface area contributed by atoms with Crippen LogP contribution in [-0.4, -0.2) is 35.0 Å². The summed E-state index contributed by atoms with van der Waals surface area (Å²) in [6, 6.07) is 0. The van der Waals surface area contributed by atoms with Gasteiger partial charge in [0, 0.05) is 12.5 Å². The summed E-state index contributed by atoms with van der Waals surface area (Å²) in [5.74, 6) is -0.818. The van der Waals surface area contributed by atoms with Crippen LogP contribution in [0.1, 0.15) is 27.7 Å².